The van der Waals surface area contributed by atoms with Crippen molar-refractivity contribution in [1.82, 2.24) is 0 Å². The predicted octanol–water partition coefficient (Wildman–Crippen LogP) is 4.66. The van der Waals surface area contributed by atoms with Gasteiger partial charge in [-0.1, -0.05) is 38.2 Å². The number of unbranched alkanes of at least 4 members (excludes halogenated alkanes) is 3. The van der Waals surface area contributed by atoms with Crippen LogP contribution in [0.2, 0.25) is 0 Å². The van der Waals surface area contributed by atoms with Crippen molar-refractivity contribution in [1.29, 1.82) is 0 Å². The monoisotopic (exact) mass is 222 g/mol. The van der Waals surface area contributed by atoms with E-state index in [1.165, 1.54) is 38.5 Å². The molecule has 0 N–H and O–H groups in total. The Labute approximate surface area is 100 Å². The lowest BCUT2D eigenvalue weighted by Gasteiger charge is -2.12. The van der Waals surface area contributed by atoms with E-state index in [4.69, 9.17) is 0 Å². The van der Waals surface area contributed by atoms with Crippen molar-refractivity contribution in [3.05, 3.63) is 12.7 Å². The van der Waals surface area contributed by atoms with Crippen LogP contribution in [0, 0.1) is 5.92 Å². The lowest BCUT2D eigenvalue weighted by Crippen LogP contribution is -2.13. The van der Waals surface area contributed by atoms with Gasteiger partial charge in [-0.15, -0.1) is 6.58 Å². The standard InChI is InChI=1S/C15H26O/c1-2-3-4-5-10-13-15(16)14-11-8-6-7-9-12-14/h2,14H,1,3-13H2. The third kappa shape index (κ3) is 5.48. The molecule has 0 radical (unpaired) electrons. The van der Waals surface area contributed by atoms with E-state index in [0.29, 0.717) is 11.7 Å². The highest BCUT2D eigenvalue weighted by molar-refractivity contribution is 5.80. The quantitative estimate of drug-likeness (QED) is 0.348. The van der Waals surface area contributed by atoms with Crippen molar-refractivity contribution >= 4 is 5.78 Å². The van der Waals surface area contributed by atoms with Crippen molar-refractivity contribution in [3.8, 4) is 0 Å². The number of carbonyl (C=O) groups is 1. The van der Waals surface area contributed by atoms with Crippen LogP contribution in [0.5, 0.6) is 0 Å². The lowest BCUT2D eigenvalue weighted by molar-refractivity contribution is -0.123. The number of hydrogen-bond donors (Lipinski definition) is 0. The SMILES string of the molecule is C=CCCCCCC(=O)C1CCCCCC1. The average Bonchev–Trinajstić information content (AvgIpc) is 2.57. The first kappa shape index (κ1) is 13.5. The Bertz CT molecular complexity index is 199. The molecule has 0 unspecified atom stereocenters. The van der Waals surface area contributed by atoms with Gasteiger partial charge < -0.3 is 0 Å². The summed E-state index contributed by atoms with van der Waals surface area (Å²) in [6.45, 7) is 3.71. The van der Waals surface area contributed by atoms with E-state index in [1.54, 1.807) is 0 Å². The zero-order chi connectivity index (χ0) is 11.6. The fourth-order valence-electron chi connectivity index (χ4n) is 2.57. The van der Waals surface area contributed by atoms with Crippen molar-refractivity contribution in [2.24, 2.45) is 5.92 Å². The van der Waals surface area contributed by atoms with E-state index in [0.717, 1.165) is 32.1 Å². The molecule has 0 atom stereocenters. The second-order valence-electron chi connectivity index (χ2n) is 5.04. The molecule has 1 rings (SSSR count). The van der Waals surface area contributed by atoms with E-state index in [2.05, 4.69) is 6.58 Å². The third-order valence-corrected chi connectivity index (χ3v) is 3.64. The molecule has 0 heterocycles. The topological polar surface area (TPSA) is 17.1 Å². The molecule has 1 fully saturated rings. The van der Waals surface area contributed by atoms with Crippen LogP contribution in [0.4, 0.5) is 0 Å². The average molecular weight is 222 g/mol. The highest BCUT2D eigenvalue weighted by Crippen LogP contribution is 2.25. The number of rotatable bonds is 7. The minimum absolute atomic E-state index is 0.405. The summed E-state index contributed by atoms with van der Waals surface area (Å²) in [5, 5.41) is 0. The van der Waals surface area contributed by atoms with Gasteiger partial charge >= 0.3 is 0 Å². The zero-order valence-electron chi connectivity index (χ0n) is 10.5. The summed E-state index contributed by atoms with van der Waals surface area (Å²) in [6.07, 6.45) is 14.9. The molecule has 0 amide bonds. The Hall–Kier alpha value is -0.590. The van der Waals surface area contributed by atoms with Crippen LogP contribution < -0.4 is 0 Å². The largest absolute Gasteiger partial charge is 0.299 e. The van der Waals surface area contributed by atoms with Crippen LogP contribution in [0.1, 0.15) is 70.6 Å². The summed E-state index contributed by atoms with van der Waals surface area (Å²) in [5.41, 5.74) is 0. The Morgan fingerprint density at radius 1 is 1.06 bits per heavy atom. The Morgan fingerprint density at radius 2 is 1.75 bits per heavy atom. The normalized spacial score (nSPS) is 18.0. The first-order valence-corrected chi connectivity index (χ1v) is 6.98. The van der Waals surface area contributed by atoms with Gasteiger partial charge in [0.25, 0.3) is 0 Å². The van der Waals surface area contributed by atoms with E-state index in [1.807, 2.05) is 6.08 Å². The van der Waals surface area contributed by atoms with Crippen LogP contribution in [0.25, 0.3) is 0 Å². The van der Waals surface area contributed by atoms with Crippen LogP contribution >= 0.6 is 0 Å². The summed E-state index contributed by atoms with van der Waals surface area (Å²) in [7, 11) is 0. The minimum atomic E-state index is 0.405. The molecule has 1 aliphatic carbocycles. The molecule has 0 spiro atoms. The fraction of sp³-hybridized carbons (Fsp3) is 0.800. The molecule has 0 aromatic rings. The number of ketones is 1. The molecule has 0 aromatic carbocycles. The Balaban J connectivity index is 2.10. The van der Waals surface area contributed by atoms with Crippen LogP contribution in [-0.2, 0) is 4.79 Å². The Morgan fingerprint density at radius 3 is 2.38 bits per heavy atom. The van der Waals surface area contributed by atoms with Crippen LogP contribution in [0.3, 0.4) is 0 Å². The van der Waals surface area contributed by atoms with E-state index >= 15 is 0 Å². The van der Waals surface area contributed by atoms with Gasteiger partial charge in [-0.05, 0) is 32.1 Å². The van der Waals surface area contributed by atoms with E-state index in [9.17, 15) is 4.79 Å². The van der Waals surface area contributed by atoms with Gasteiger partial charge in [0.2, 0.25) is 0 Å². The van der Waals surface area contributed by atoms with Gasteiger partial charge in [0.05, 0.1) is 0 Å². The third-order valence-electron chi connectivity index (χ3n) is 3.64. The van der Waals surface area contributed by atoms with Crippen molar-refractivity contribution in [2.75, 3.05) is 0 Å². The second kappa shape index (κ2) is 8.55. The molecule has 0 aliphatic heterocycles. The summed E-state index contributed by atoms with van der Waals surface area (Å²) in [6, 6.07) is 0. The molecular formula is C15H26O. The smallest absolute Gasteiger partial charge is 0.135 e. The molecule has 16 heavy (non-hydrogen) atoms. The lowest BCUT2D eigenvalue weighted by atomic mass is 9.92. The number of allylic oxidation sites excluding steroid dienone is 1. The molecule has 0 saturated heterocycles. The predicted molar refractivity (Wildman–Crippen MR) is 69.5 cm³/mol. The maximum Gasteiger partial charge on any atom is 0.135 e. The molecule has 1 nitrogen and oxygen atoms in total. The number of carbonyl (C=O) groups excluding carboxylic acids is 1. The first-order valence-electron chi connectivity index (χ1n) is 6.98. The van der Waals surface area contributed by atoms with Gasteiger partial charge in [-0.2, -0.15) is 0 Å². The molecule has 92 valence electrons. The van der Waals surface area contributed by atoms with Gasteiger partial charge in [0, 0.05) is 12.3 Å². The van der Waals surface area contributed by atoms with E-state index < -0.39 is 0 Å². The van der Waals surface area contributed by atoms with Gasteiger partial charge in [-0.3, -0.25) is 4.79 Å². The van der Waals surface area contributed by atoms with Crippen molar-refractivity contribution in [3.63, 3.8) is 0 Å². The van der Waals surface area contributed by atoms with Gasteiger partial charge in [-0.25, -0.2) is 0 Å². The molecule has 1 heteroatoms. The van der Waals surface area contributed by atoms with Crippen molar-refractivity contribution in [2.45, 2.75) is 70.6 Å². The summed E-state index contributed by atoms with van der Waals surface area (Å²) >= 11 is 0. The maximum atomic E-state index is 12.0. The highest BCUT2D eigenvalue weighted by Gasteiger charge is 2.18. The molecular weight excluding hydrogens is 196 g/mol. The molecule has 0 bridgehead atoms. The van der Waals surface area contributed by atoms with E-state index in [-0.39, 0.29) is 0 Å². The van der Waals surface area contributed by atoms with Gasteiger partial charge in [0.15, 0.2) is 0 Å². The zero-order valence-corrected chi connectivity index (χ0v) is 10.5. The van der Waals surface area contributed by atoms with Crippen molar-refractivity contribution < 1.29 is 4.79 Å². The van der Waals surface area contributed by atoms with Crippen LogP contribution in [-0.4, -0.2) is 5.78 Å². The Kier molecular flexibility index (Phi) is 7.20. The highest BCUT2D eigenvalue weighted by atomic mass is 16.1. The molecule has 0 aromatic heterocycles. The summed E-state index contributed by atoms with van der Waals surface area (Å²) in [4.78, 5) is 12.0. The van der Waals surface area contributed by atoms with Crippen LogP contribution in [0.15, 0.2) is 12.7 Å². The first-order chi connectivity index (χ1) is 7.84. The maximum absolute atomic E-state index is 12.0. The second-order valence-corrected chi connectivity index (χ2v) is 5.04. The minimum Gasteiger partial charge on any atom is -0.299 e. The summed E-state index contributed by atoms with van der Waals surface area (Å²) < 4.78 is 0. The number of hydrogen-bond acceptors (Lipinski definition) is 1. The number of Topliss-reactive ketones (excluding diaryl/α,β-unsaturated/α-hetero) is 1. The van der Waals surface area contributed by atoms with Gasteiger partial charge in [0.1, 0.15) is 5.78 Å². The summed E-state index contributed by atoms with van der Waals surface area (Å²) in [5.74, 6) is 0.947. The fourth-order valence-corrected chi connectivity index (χ4v) is 2.57. The molecule has 1 saturated carbocycles. The molecule has 1 aliphatic rings.